The SMILES string of the molecule is O=C(NC1CCCCCC1)c1ccc(F)cc1[N+](=O)[O-]. The Bertz CT molecular complexity index is 511. The molecule has 1 aromatic carbocycles. The van der Waals surface area contributed by atoms with Gasteiger partial charge >= 0.3 is 0 Å². The average molecular weight is 280 g/mol. The number of carbonyl (C=O) groups excluding carboxylic acids is 1. The number of halogens is 1. The lowest BCUT2D eigenvalue weighted by Crippen LogP contribution is -2.34. The smallest absolute Gasteiger partial charge is 0.285 e. The minimum Gasteiger partial charge on any atom is -0.349 e. The van der Waals surface area contributed by atoms with Crippen molar-refractivity contribution in [1.29, 1.82) is 0 Å². The normalized spacial score (nSPS) is 16.4. The number of nitro groups is 1. The van der Waals surface area contributed by atoms with Gasteiger partial charge in [-0.15, -0.1) is 0 Å². The van der Waals surface area contributed by atoms with Gasteiger partial charge in [-0.25, -0.2) is 4.39 Å². The van der Waals surface area contributed by atoms with Gasteiger partial charge in [0.2, 0.25) is 0 Å². The third kappa shape index (κ3) is 3.53. The molecule has 0 aliphatic heterocycles. The molecule has 1 saturated carbocycles. The topological polar surface area (TPSA) is 72.2 Å². The number of carbonyl (C=O) groups is 1. The number of hydrogen-bond donors (Lipinski definition) is 1. The lowest BCUT2D eigenvalue weighted by Gasteiger charge is -2.16. The highest BCUT2D eigenvalue weighted by Gasteiger charge is 2.23. The van der Waals surface area contributed by atoms with Gasteiger partial charge in [0.15, 0.2) is 0 Å². The van der Waals surface area contributed by atoms with Gasteiger partial charge < -0.3 is 5.32 Å². The lowest BCUT2D eigenvalue weighted by molar-refractivity contribution is -0.385. The average Bonchev–Trinajstić information content (AvgIpc) is 2.67. The van der Waals surface area contributed by atoms with Crippen molar-refractivity contribution in [3.63, 3.8) is 0 Å². The molecule has 0 aromatic heterocycles. The Kier molecular flexibility index (Phi) is 4.65. The van der Waals surface area contributed by atoms with Crippen LogP contribution in [0.25, 0.3) is 0 Å². The maximum absolute atomic E-state index is 13.0. The van der Waals surface area contributed by atoms with Gasteiger partial charge in [0.25, 0.3) is 11.6 Å². The second kappa shape index (κ2) is 6.45. The molecule has 0 heterocycles. The molecule has 1 aromatic rings. The number of nitrogens with one attached hydrogen (secondary N) is 1. The zero-order chi connectivity index (χ0) is 14.5. The summed E-state index contributed by atoms with van der Waals surface area (Å²) in [5.41, 5.74) is -0.572. The fourth-order valence-corrected chi connectivity index (χ4v) is 2.53. The van der Waals surface area contributed by atoms with Crippen LogP contribution in [0.2, 0.25) is 0 Å². The second-order valence-electron chi connectivity index (χ2n) is 5.08. The number of amides is 1. The maximum atomic E-state index is 13.0. The molecule has 1 aliphatic rings. The standard InChI is InChI=1S/C14H17FN2O3/c15-10-7-8-12(13(9-10)17(19)20)14(18)16-11-5-3-1-2-4-6-11/h7-9,11H,1-6H2,(H,16,18). The van der Waals surface area contributed by atoms with Gasteiger partial charge in [-0.05, 0) is 25.0 Å². The number of rotatable bonds is 3. The first kappa shape index (κ1) is 14.4. The highest BCUT2D eigenvalue weighted by atomic mass is 19.1. The molecule has 0 spiro atoms. The van der Waals surface area contributed by atoms with Crippen molar-refractivity contribution in [3.8, 4) is 0 Å². The van der Waals surface area contributed by atoms with Crippen LogP contribution in [0.3, 0.4) is 0 Å². The molecule has 0 radical (unpaired) electrons. The number of nitrogens with zero attached hydrogens (tertiary/aromatic N) is 1. The molecular formula is C14H17FN2O3. The number of hydrogen-bond acceptors (Lipinski definition) is 3. The van der Waals surface area contributed by atoms with E-state index < -0.39 is 22.3 Å². The van der Waals surface area contributed by atoms with Crippen molar-refractivity contribution in [2.75, 3.05) is 0 Å². The van der Waals surface area contributed by atoms with Crippen LogP contribution in [0.5, 0.6) is 0 Å². The monoisotopic (exact) mass is 280 g/mol. The van der Waals surface area contributed by atoms with Gasteiger partial charge in [-0.1, -0.05) is 25.7 Å². The predicted molar refractivity (Wildman–Crippen MR) is 72.0 cm³/mol. The lowest BCUT2D eigenvalue weighted by atomic mass is 10.1. The molecule has 0 unspecified atom stereocenters. The van der Waals surface area contributed by atoms with Gasteiger partial charge in [-0.2, -0.15) is 0 Å². The van der Waals surface area contributed by atoms with Crippen molar-refractivity contribution in [1.82, 2.24) is 5.32 Å². The Balaban J connectivity index is 2.14. The first-order chi connectivity index (χ1) is 9.58. The molecule has 2 rings (SSSR count). The molecule has 5 nitrogen and oxygen atoms in total. The van der Waals surface area contributed by atoms with Gasteiger partial charge in [0.05, 0.1) is 11.0 Å². The van der Waals surface area contributed by atoms with Gasteiger partial charge in [-0.3, -0.25) is 14.9 Å². The summed E-state index contributed by atoms with van der Waals surface area (Å²) < 4.78 is 13.0. The zero-order valence-corrected chi connectivity index (χ0v) is 11.1. The van der Waals surface area contributed by atoms with Crippen LogP contribution in [-0.2, 0) is 0 Å². The summed E-state index contributed by atoms with van der Waals surface area (Å²) in [6.07, 6.45) is 6.19. The van der Waals surface area contributed by atoms with Crippen LogP contribution >= 0.6 is 0 Å². The van der Waals surface area contributed by atoms with E-state index in [0.717, 1.165) is 50.7 Å². The summed E-state index contributed by atoms with van der Waals surface area (Å²) >= 11 is 0. The Hall–Kier alpha value is -1.98. The molecule has 1 aliphatic carbocycles. The number of benzene rings is 1. The quantitative estimate of drug-likeness (QED) is 0.525. The van der Waals surface area contributed by atoms with E-state index >= 15 is 0 Å². The highest BCUT2D eigenvalue weighted by Crippen LogP contribution is 2.22. The summed E-state index contributed by atoms with van der Waals surface area (Å²) in [7, 11) is 0. The van der Waals surface area contributed by atoms with Crippen LogP contribution < -0.4 is 5.32 Å². The Labute approximate surface area is 116 Å². The third-order valence-corrected chi connectivity index (χ3v) is 3.59. The summed E-state index contributed by atoms with van der Waals surface area (Å²) in [6, 6.07) is 3.06. The van der Waals surface area contributed by atoms with E-state index in [2.05, 4.69) is 5.32 Å². The zero-order valence-electron chi connectivity index (χ0n) is 11.1. The molecule has 1 amide bonds. The van der Waals surface area contributed by atoms with Gasteiger partial charge in [0.1, 0.15) is 11.4 Å². The molecule has 0 saturated heterocycles. The fourth-order valence-electron chi connectivity index (χ4n) is 2.53. The van der Waals surface area contributed by atoms with E-state index in [1.54, 1.807) is 0 Å². The van der Waals surface area contributed by atoms with E-state index in [1.165, 1.54) is 6.07 Å². The fraction of sp³-hybridized carbons (Fsp3) is 0.500. The second-order valence-corrected chi connectivity index (χ2v) is 5.08. The van der Waals surface area contributed by atoms with Crippen LogP contribution in [0.4, 0.5) is 10.1 Å². The van der Waals surface area contributed by atoms with E-state index in [-0.39, 0.29) is 11.6 Å². The summed E-state index contributed by atoms with van der Waals surface area (Å²) in [5, 5.41) is 13.7. The van der Waals surface area contributed by atoms with Gasteiger partial charge in [0, 0.05) is 6.04 Å². The summed E-state index contributed by atoms with van der Waals surface area (Å²) in [5.74, 6) is -1.22. The summed E-state index contributed by atoms with van der Waals surface area (Å²) in [6.45, 7) is 0. The van der Waals surface area contributed by atoms with Crippen LogP contribution in [0.15, 0.2) is 18.2 Å². The third-order valence-electron chi connectivity index (χ3n) is 3.59. The molecule has 0 atom stereocenters. The van der Waals surface area contributed by atoms with Crippen molar-refractivity contribution in [2.45, 2.75) is 44.6 Å². The highest BCUT2D eigenvalue weighted by molar-refractivity contribution is 5.98. The van der Waals surface area contributed by atoms with E-state index in [9.17, 15) is 19.3 Å². The Morgan fingerprint density at radius 1 is 1.25 bits per heavy atom. The first-order valence-electron chi connectivity index (χ1n) is 6.83. The molecule has 1 N–H and O–H groups in total. The van der Waals surface area contributed by atoms with E-state index in [0.29, 0.717) is 0 Å². The number of nitro benzene ring substituents is 1. The van der Waals surface area contributed by atoms with Crippen molar-refractivity contribution < 1.29 is 14.1 Å². The molecule has 6 heteroatoms. The van der Waals surface area contributed by atoms with Crippen molar-refractivity contribution in [3.05, 3.63) is 39.7 Å². The molecule has 1 fully saturated rings. The largest absolute Gasteiger partial charge is 0.349 e. The van der Waals surface area contributed by atoms with E-state index in [1.807, 2.05) is 0 Å². The van der Waals surface area contributed by atoms with Crippen molar-refractivity contribution in [2.24, 2.45) is 0 Å². The molecule has 20 heavy (non-hydrogen) atoms. The molecule has 108 valence electrons. The van der Waals surface area contributed by atoms with Crippen LogP contribution in [0, 0.1) is 15.9 Å². The Morgan fingerprint density at radius 3 is 2.50 bits per heavy atom. The van der Waals surface area contributed by atoms with Crippen LogP contribution in [0.1, 0.15) is 48.9 Å². The predicted octanol–water partition coefficient (Wildman–Crippen LogP) is 3.19. The summed E-state index contributed by atoms with van der Waals surface area (Å²) in [4.78, 5) is 22.3. The van der Waals surface area contributed by atoms with Crippen LogP contribution in [-0.4, -0.2) is 16.9 Å². The minimum atomic E-state index is -0.731. The minimum absolute atomic E-state index is 0.0506. The van der Waals surface area contributed by atoms with E-state index in [4.69, 9.17) is 0 Å². The first-order valence-corrected chi connectivity index (χ1v) is 6.83. The molecule has 0 bridgehead atoms. The maximum Gasteiger partial charge on any atom is 0.285 e. The Morgan fingerprint density at radius 2 is 1.90 bits per heavy atom. The molecular weight excluding hydrogens is 263 g/mol. The van der Waals surface area contributed by atoms with Crippen molar-refractivity contribution >= 4 is 11.6 Å².